The van der Waals surface area contributed by atoms with Gasteiger partial charge in [-0.05, 0) is 49.4 Å². The minimum atomic E-state index is -5.08. The summed E-state index contributed by atoms with van der Waals surface area (Å²) in [6.45, 7) is 5.18. The largest absolute Gasteiger partial charge is 0.490 e. The number of hydrogen-bond donors (Lipinski definition) is 3. The molecule has 1 aliphatic heterocycles. The molecule has 1 fully saturated rings. The van der Waals surface area contributed by atoms with Gasteiger partial charge in [-0.3, -0.25) is 4.72 Å². The molecule has 0 bridgehead atoms. The van der Waals surface area contributed by atoms with Gasteiger partial charge < -0.3 is 20.0 Å². The van der Waals surface area contributed by atoms with Crippen LogP contribution in [0.2, 0.25) is 0 Å². The first kappa shape index (κ1) is 27.9. The number of aromatic carboxylic acids is 1. The van der Waals surface area contributed by atoms with E-state index >= 15 is 0 Å². The first-order chi connectivity index (χ1) is 16.2. The number of nitrogens with one attached hydrogen (secondary N) is 1. The number of anilines is 2. The Bertz CT molecular complexity index is 1150. The standard InChI is InChI=1S/C20H25N3O4S.C2HF3O2/c1-3-15-4-7-17(8-5-15)28(26,27)21-18-14-16(20(24)25)6-9-19(18)23-12-10-22(2)11-13-23;3-2(4,5)1(6)7/h4-9,14,21H,3,10-13H2,1-2H3,(H,24,25);(H,6,7). The topological polar surface area (TPSA) is 127 Å². The monoisotopic (exact) mass is 517 g/mol. The van der Waals surface area contributed by atoms with E-state index in [1.807, 2.05) is 14.0 Å². The Hall–Kier alpha value is -3.32. The third-order valence-electron chi connectivity index (χ3n) is 5.22. The lowest BCUT2D eigenvalue weighted by Gasteiger charge is -2.35. The fraction of sp³-hybridized carbons (Fsp3) is 0.364. The summed E-state index contributed by atoms with van der Waals surface area (Å²) >= 11 is 0. The molecule has 2 aromatic carbocycles. The third-order valence-corrected chi connectivity index (χ3v) is 6.60. The molecule has 0 amide bonds. The smallest absolute Gasteiger partial charge is 0.478 e. The van der Waals surface area contributed by atoms with Crippen molar-refractivity contribution >= 4 is 33.3 Å². The molecule has 1 aliphatic rings. The van der Waals surface area contributed by atoms with Crippen LogP contribution in [0, 0.1) is 0 Å². The van der Waals surface area contributed by atoms with Gasteiger partial charge in [0.15, 0.2) is 0 Å². The van der Waals surface area contributed by atoms with Crippen molar-refractivity contribution in [2.45, 2.75) is 24.4 Å². The molecule has 0 saturated carbocycles. The fourth-order valence-electron chi connectivity index (χ4n) is 3.18. The maximum absolute atomic E-state index is 12.9. The summed E-state index contributed by atoms with van der Waals surface area (Å²) in [5.41, 5.74) is 2.05. The lowest BCUT2D eigenvalue weighted by Crippen LogP contribution is -2.44. The number of aliphatic carboxylic acids is 1. The highest BCUT2D eigenvalue weighted by Crippen LogP contribution is 2.30. The van der Waals surface area contributed by atoms with E-state index in [4.69, 9.17) is 9.90 Å². The van der Waals surface area contributed by atoms with E-state index in [0.29, 0.717) is 5.69 Å². The molecule has 3 rings (SSSR count). The van der Waals surface area contributed by atoms with Crippen LogP contribution in [0.4, 0.5) is 24.5 Å². The van der Waals surface area contributed by atoms with Gasteiger partial charge in [0, 0.05) is 26.2 Å². The zero-order chi connectivity index (χ0) is 26.4. The summed E-state index contributed by atoms with van der Waals surface area (Å²) in [6.07, 6.45) is -4.26. The highest BCUT2D eigenvalue weighted by molar-refractivity contribution is 7.92. The van der Waals surface area contributed by atoms with Crippen molar-refractivity contribution in [3.05, 3.63) is 53.6 Å². The Balaban J connectivity index is 0.000000540. The van der Waals surface area contributed by atoms with Crippen LogP contribution < -0.4 is 9.62 Å². The summed E-state index contributed by atoms with van der Waals surface area (Å²) in [4.78, 5) is 24.7. The van der Waals surface area contributed by atoms with Gasteiger partial charge in [0.05, 0.1) is 21.8 Å². The number of likely N-dealkylation sites (N-methyl/N-ethyl adjacent to an activating group) is 1. The molecule has 0 spiro atoms. The SMILES string of the molecule is CCc1ccc(S(=O)(=O)Nc2cc(C(=O)O)ccc2N2CCN(C)CC2)cc1.O=C(O)C(F)(F)F. The van der Waals surface area contributed by atoms with Crippen molar-refractivity contribution < 1.29 is 41.4 Å². The minimum Gasteiger partial charge on any atom is -0.478 e. The summed E-state index contributed by atoms with van der Waals surface area (Å²) in [5.74, 6) is -3.86. The Labute approximate surface area is 200 Å². The molecule has 1 heterocycles. The summed E-state index contributed by atoms with van der Waals surface area (Å²) in [6, 6.07) is 11.3. The van der Waals surface area contributed by atoms with Gasteiger partial charge in [0.2, 0.25) is 0 Å². The number of carboxylic acid groups (broad SMARTS) is 2. The van der Waals surface area contributed by atoms with Crippen molar-refractivity contribution in [2.75, 3.05) is 42.8 Å². The zero-order valence-electron chi connectivity index (χ0n) is 19.0. The average Bonchev–Trinajstić information content (AvgIpc) is 2.79. The molecule has 0 unspecified atom stereocenters. The van der Waals surface area contributed by atoms with Crippen LogP contribution in [0.15, 0.2) is 47.4 Å². The Morgan fingerprint density at radius 1 is 1.00 bits per heavy atom. The lowest BCUT2D eigenvalue weighted by atomic mass is 10.1. The molecule has 2 aromatic rings. The number of halogens is 3. The van der Waals surface area contributed by atoms with Gasteiger partial charge in [-0.25, -0.2) is 18.0 Å². The Morgan fingerprint density at radius 3 is 2.00 bits per heavy atom. The number of carbonyl (C=O) groups is 2. The normalized spacial score (nSPS) is 14.6. The second-order valence-corrected chi connectivity index (χ2v) is 9.42. The number of nitrogens with zero attached hydrogens (tertiary/aromatic N) is 2. The minimum absolute atomic E-state index is 0.0388. The maximum atomic E-state index is 12.9. The molecule has 0 aromatic heterocycles. The van der Waals surface area contributed by atoms with Crippen molar-refractivity contribution in [3.8, 4) is 0 Å². The Kier molecular flexibility index (Phi) is 9.10. The molecule has 9 nitrogen and oxygen atoms in total. The predicted molar refractivity (Wildman–Crippen MR) is 123 cm³/mol. The number of piperazine rings is 1. The summed E-state index contributed by atoms with van der Waals surface area (Å²) in [7, 11) is -1.80. The number of aryl methyl sites for hydroxylation is 1. The van der Waals surface area contributed by atoms with E-state index in [-0.39, 0.29) is 16.1 Å². The number of carboxylic acids is 2. The first-order valence-electron chi connectivity index (χ1n) is 10.5. The molecule has 3 N–H and O–H groups in total. The van der Waals surface area contributed by atoms with E-state index in [0.717, 1.165) is 38.2 Å². The van der Waals surface area contributed by atoms with Crippen molar-refractivity contribution in [3.63, 3.8) is 0 Å². The van der Waals surface area contributed by atoms with Crippen LogP contribution in [0.5, 0.6) is 0 Å². The van der Waals surface area contributed by atoms with Gasteiger partial charge in [-0.15, -0.1) is 0 Å². The van der Waals surface area contributed by atoms with E-state index in [1.165, 1.54) is 12.1 Å². The van der Waals surface area contributed by atoms with E-state index < -0.39 is 28.1 Å². The Morgan fingerprint density at radius 2 is 1.54 bits per heavy atom. The van der Waals surface area contributed by atoms with E-state index in [1.54, 1.807) is 30.3 Å². The highest BCUT2D eigenvalue weighted by Gasteiger charge is 2.38. The zero-order valence-corrected chi connectivity index (χ0v) is 19.9. The van der Waals surface area contributed by atoms with Crippen molar-refractivity contribution in [1.82, 2.24) is 4.90 Å². The molecule has 0 aliphatic carbocycles. The molecule has 192 valence electrons. The molecule has 1 saturated heterocycles. The second kappa shape index (κ2) is 11.4. The highest BCUT2D eigenvalue weighted by atomic mass is 32.2. The van der Waals surface area contributed by atoms with E-state index in [2.05, 4.69) is 14.5 Å². The van der Waals surface area contributed by atoms with Gasteiger partial charge in [0.25, 0.3) is 10.0 Å². The van der Waals surface area contributed by atoms with E-state index in [9.17, 15) is 31.5 Å². The first-order valence-corrected chi connectivity index (χ1v) is 12.0. The van der Waals surface area contributed by atoms with Crippen molar-refractivity contribution in [2.24, 2.45) is 0 Å². The predicted octanol–water partition coefficient (Wildman–Crippen LogP) is 3.13. The molecule has 13 heteroatoms. The van der Waals surface area contributed by atoms with Gasteiger partial charge in [0.1, 0.15) is 0 Å². The molecule has 0 atom stereocenters. The molecule has 35 heavy (non-hydrogen) atoms. The lowest BCUT2D eigenvalue weighted by molar-refractivity contribution is -0.192. The maximum Gasteiger partial charge on any atom is 0.490 e. The fourth-order valence-corrected chi connectivity index (χ4v) is 4.25. The number of hydrogen-bond acceptors (Lipinski definition) is 6. The average molecular weight is 518 g/mol. The summed E-state index contributed by atoms with van der Waals surface area (Å²) in [5, 5.41) is 16.4. The number of benzene rings is 2. The van der Waals surface area contributed by atoms with Gasteiger partial charge in [-0.1, -0.05) is 19.1 Å². The van der Waals surface area contributed by atoms with Crippen molar-refractivity contribution in [1.29, 1.82) is 0 Å². The molecular formula is C22H26F3N3O6S. The van der Waals surface area contributed by atoms with Crippen LogP contribution in [0.25, 0.3) is 0 Å². The summed E-state index contributed by atoms with van der Waals surface area (Å²) < 4.78 is 60.1. The second-order valence-electron chi connectivity index (χ2n) is 7.73. The van der Waals surface area contributed by atoms with Crippen LogP contribution in [-0.2, 0) is 21.2 Å². The van der Waals surface area contributed by atoms with Gasteiger partial charge >= 0.3 is 18.1 Å². The number of rotatable bonds is 6. The molecule has 0 radical (unpaired) electrons. The van der Waals surface area contributed by atoms with Gasteiger partial charge in [-0.2, -0.15) is 13.2 Å². The van der Waals surface area contributed by atoms with Crippen LogP contribution in [0.1, 0.15) is 22.8 Å². The number of sulfonamides is 1. The quantitative estimate of drug-likeness (QED) is 0.534. The molecular weight excluding hydrogens is 491 g/mol. The van der Waals surface area contributed by atoms with Crippen LogP contribution in [0.3, 0.4) is 0 Å². The van der Waals surface area contributed by atoms with Crippen LogP contribution >= 0.6 is 0 Å². The number of alkyl halides is 3. The third kappa shape index (κ3) is 7.86. The van der Waals surface area contributed by atoms with Crippen LogP contribution in [-0.4, -0.2) is 74.9 Å².